The quantitative estimate of drug-likeness (QED) is 0.469. The maximum absolute atomic E-state index is 5.62. The Bertz CT molecular complexity index is 61.0. The van der Waals surface area contributed by atoms with Crippen molar-refractivity contribution in [1.82, 2.24) is 0 Å². The van der Waals surface area contributed by atoms with Crippen LogP contribution in [0.25, 0.3) is 0 Å². The van der Waals surface area contributed by atoms with Crippen molar-refractivity contribution < 1.29 is 4.74 Å². The molecule has 9 heavy (non-hydrogen) atoms. The van der Waals surface area contributed by atoms with Gasteiger partial charge in [0.1, 0.15) is 0 Å². The summed E-state index contributed by atoms with van der Waals surface area (Å²) in [6.45, 7) is 2.89. The van der Waals surface area contributed by atoms with Gasteiger partial charge in [0.25, 0.3) is 0 Å². The Morgan fingerprint density at radius 2 is 2.33 bits per heavy atom. The summed E-state index contributed by atoms with van der Waals surface area (Å²) in [6, 6.07) is 0. The number of hydrogen-bond acceptors (Lipinski definition) is 3. The van der Waals surface area contributed by atoms with E-state index in [-0.39, 0.29) is 0 Å². The van der Waals surface area contributed by atoms with Crippen molar-refractivity contribution in [3.63, 3.8) is 0 Å². The topological polar surface area (TPSA) is 35.2 Å². The average Bonchev–Trinajstić information content (AvgIpc) is 1.89. The molecular weight excluding hydrogens is 134 g/mol. The van der Waals surface area contributed by atoms with Gasteiger partial charge in [-0.15, -0.1) is 11.8 Å². The van der Waals surface area contributed by atoms with Crippen LogP contribution in [0.15, 0.2) is 0 Å². The van der Waals surface area contributed by atoms with Crippen molar-refractivity contribution in [3.05, 3.63) is 0 Å². The van der Waals surface area contributed by atoms with Crippen LogP contribution < -0.4 is 5.73 Å². The van der Waals surface area contributed by atoms with Crippen LogP contribution in [-0.2, 0) is 4.74 Å². The first kappa shape index (κ1) is 9.27. The first-order chi connectivity index (χ1) is 4.31. The minimum absolute atomic E-state index is 0.292. The molecule has 0 radical (unpaired) electrons. The van der Waals surface area contributed by atoms with Crippen molar-refractivity contribution in [1.29, 1.82) is 0 Å². The largest absolute Gasteiger partial charge is 0.384 e. The fourth-order valence-corrected chi connectivity index (χ4v) is 1.20. The normalized spacial score (nSPS) is 13.7. The molecule has 2 N–H and O–H groups in total. The van der Waals surface area contributed by atoms with Gasteiger partial charge in [0.05, 0.1) is 12.0 Å². The summed E-state index contributed by atoms with van der Waals surface area (Å²) in [6.07, 6.45) is 1.04. The smallest absolute Gasteiger partial charge is 0.0553 e. The first-order valence-corrected chi connectivity index (χ1v) is 4.22. The van der Waals surface area contributed by atoms with Crippen LogP contribution in [0.2, 0.25) is 0 Å². The number of ether oxygens (including phenoxy) is 1. The van der Waals surface area contributed by atoms with Gasteiger partial charge in [0.15, 0.2) is 0 Å². The molecule has 0 heterocycles. The second kappa shape index (κ2) is 6.39. The Hall–Kier alpha value is 0.270. The molecule has 0 spiro atoms. The molecule has 0 aliphatic heterocycles. The molecule has 56 valence electrons. The molecule has 0 unspecified atom stereocenters. The molecule has 0 saturated heterocycles. The van der Waals surface area contributed by atoms with E-state index in [0.29, 0.717) is 5.37 Å². The fourth-order valence-electron chi connectivity index (χ4n) is 0.401. The van der Waals surface area contributed by atoms with Gasteiger partial charge in [-0.1, -0.05) is 6.92 Å². The van der Waals surface area contributed by atoms with Gasteiger partial charge in [0, 0.05) is 12.9 Å². The van der Waals surface area contributed by atoms with Crippen molar-refractivity contribution in [2.75, 3.05) is 19.5 Å². The predicted molar refractivity (Wildman–Crippen MR) is 42.6 cm³/mol. The molecule has 0 aliphatic carbocycles. The van der Waals surface area contributed by atoms with Crippen LogP contribution in [-0.4, -0.2) is 24.8 Å². The molecular formula is C6H15NOS. The maximum Gasteiger partial charge on any atom is 0.0553 e. The van der Waals surface area contributed by atoms with E-state index in [1.807, 2.05) is 0 Å². The number of rotatable bonds is 5. The van der Waals surface area contributed by atoms with Gasteiger partial charge < -0.3 is 10.5 Å². The summed E-state index contributed by atoms with van der Waals surface area (Å²) < 4.78 is 4.86. The Kier molecular flexibility index (Phi) is 6.58. The molecule has 0 rings (SSSR count). The van der Waals surface area contributed by atoms with Crippen molar-refractivity contribution in [2.24, 2.45) is 5.73 Å². The van der Waals surface area contributed by atoms with Gasteiger partial charge in [0.2, 0.25) is 0 Å². The number of thioether (sulfide) groups is 1. The highest BCUT2D eigenvalue weighted by molar-refractivity contribution is 7.99. The van der Waals surface area contributed by atoms with Crippen LogP contribution in [0, 0.1) is 0 Å². The summed E-state index contributed by atoms with van der Waals surface area (Å²) in [5, 5.41) is 0.292. The highest BCUT2D eigenvalue weighted by atomic mass is 32.2. The van der Waals surface area contributed by atoms with Gasteiger partial charge in [-0.2, -0.15) is 0 Å². The summed E-state index contributed by atoms with van der Waals surface area (Å²) in [4.78, 5) is 0. The Morgan fingerprint density at radius 1 is 1.67 bits per heavy atom. The SMILES string of the molecule is CC[C@H](N)SCCOC. The van der Waals surface area contributed by atoms with Crippen molar-refractivity contribution >= 4 is 11.8 Å². The summed E-state index contributed by atoms with van der Waals surface area (Å²) in [5.74, 6) is 1.01. The molecule has 0 saturated carbocycles. The minimum Gasteiger partial charge on any atom is -0.384 e. The zero-order chi connectivity index (χ0) is 7.11. The first-order valence-electron chi connectivity index (χ1n) is 3.17. The van der Waals surface area contributed by atoms with Gasteiger partial charge in [-0.25, -0.2) is 0 Å². The van der Waals surface area contributed by atoms with E-state index in [4.69, 9.17) is 10.5 Å². The minimum atomic E-state index is 0.292. The molecule has 0 bridgehead atoms. The molecule has 0 aromatic rings. The number of nitrogens with two attached hydrogens (primary N) is 1. The standard InChI is InChI=1S/C6H15NOS/c1-3-6(7)9-5-4-8-2/h6H,3-5,7H2,1-2H3/t6-/m1/s1. The highest BCUT2D eigenvalue weighted by Gasteiger charge is 1.96. The summed E-state index contributed by atoms with van der Waals surface area (Å²) in [7, 11) is 1.71. The van der Waals surface area contributed by atoms with E-state index in [1.165, 1.54) is 0 Å². The van der Waals surface area contributed by atoms with Crippen LogP contribution in [0.4, 0.5) is 0 Å². The molecule has 0 aromatic heterocycles. The Balaban J connectivity index is 2.88. The van der Waals surface area contributed by atoms with Gasteiger partial charge in [-0.3, -0.25) is 0 Å². The molecule has 2 nitrogen and oxygen atoms in total. The van der Waals surface area contributed by atoms with E-state index in [0.717, 1.165) is 18.8 Å². The van der Waals surface area contributed by atoms with Gasteiger partial charge >= 0.3 is 0 Å². The second-order valence-electron chi connectivity index (χ2n) is 1.81. The van der Waals surface area contributed by atoms with E-state index < -0.39 is 0 Å². The average molecular weight is 149 g/mol. The van der Waals surface area contributed by atoms with Crippen LogP contribution in [0.3, 0.4) is 0 Å². The molecule has 0 fully saturated rings. The lowest BCUT2D eigenvalue weighted by Gasteiger charge is -2.06. The molecule has 3 heteroatoms. The third-order valence-corrected chi connectivity index (χ3v) is 2.19. The lowest BCUT2D eigenvalue weighted by molar-refractivity contribution is 0.218. The monoisotopic (exact) mass is 149 g/mol. The third kappa shape index (κ3) is 6.15. The number of hydrogen-bond donors (Lipinski definition) is 1. The second-order valence-corrected chi connectivity index (χ2v) is 3.16. The predicted octanol–water partition coefficient (Wildman–Crippen LogP) is 1.06. The van der Waals surface area contributed by atoms with Crippen LogP contribution >= 0.6 is 11.8 Å². The lowest BCUT2D eigenvalue weighted by atomic mass is 10.5. The molecule has 0 amide bonds. The Morgan fingerprint density at radius 3 is 2.78 bits per heavy atom. The van der Waals surface area contributed by atoms with E-state index in [1.54, 1.807) is 18.9 Å². The van der Waals surface area contributed by atoms with E-state index >= 15 is 0 Å². The van der Waals surface area contributed by atoms with E-state index in [2.05, 4.69) is 6.92 Å². The summed E-state index contributed by atoms with van der Waals surface area (Å²) in [5.41, 5.74) is 5.62. The maximum atomic E-state index is 5.62. The highest BCUT2D eigenvalue weighted by Crippen LogP contribution is 2.07. The van der Waals surface area contributed by atoms with Crippen molar-refractivity contribution in [2.45, 2.75) is 18.7 Å². The zero-order valence-corrected chi connectivity index (χ0v) is 6.91. The summed E-state index contributed by atoms with van der Waals surface area (Å²) >= 11 is 1.75. The molecule has 1 atom stereocenters. The fraction of sp³-hybridized carbons (Fsp3) is 1.00. The van der Waals surface area contributed by atoms with Crippen LogP contribution in [0.5, 0.6) is 0 Å². The molecule has 0 aliphatic rings. The van der Waals surface area contributed by atoms with Crippen molar-refractivity contribution in [3.8, 4) is 0 Å². The van der Waals surface area contributed by atoms with Crippen LogP contribution in [0.1, 0.15) is 13.3 Å². The number of methoxy groups -OCH3 is 1. The molecule has 0 aromatic carbocycles. The third-order valence-electron chi connectivity index (χ3n) is 1.02. The lowest BCUT2D eigenvalue weighted by Crippen LogP contribution is -2.15. The Labute approximate surface area is 61.1 Å². The van der Waals surface area contributed by atoms with Gasteiger partial charge in [-0.05, 0) is 6.42 Å². The van der Waals surface area contributed by atoms with E-state index in [9.17, 15) is 0 Å². The zero-order valence-electron chi connectivity index (χ0n) is 6.09.